The van der Waals surface area contributed by atoms with Gasteiger partial charge in [0.2, 0.25) is 0 Å². The molecule has 1 fully saturated rings. The second-order valence-electron chi connectivity index (χ2n) is 6.50. The van der Waals surface area contributed by atoms with Crippen LogP contribution in [0.5, 0.6) is 0 Å². The molecule has 2 nitrogen and oxygen atoms in total. The van der Waals surface area contributed by atoms with Gasteiger partial charge in [0.05, 0.1) is 4.88 Å². The maximum absolute atomic E-state index is 13.0. The summed E-state index contributed by atoms with van der Waals surface area (Å²) in [7, 11) is 0. The zero-order valence-corrected chi connectivity index (χ0v) is 14.5. The van der Waals surface area contributed by atoms with Crippen molar-refractivity contribution in [2.45, 2.75) is 25.2 Å². The molecule has 122 valence electrons. The number of hydrogen-bond acceptors (Lipinski definition) is 2. The van der Waals surface area contributed by atoms with Crippen molar-refractivity contribution >= 4 is 27.3 Å². The Hall–Kier alpha value is -2.13. The summed E-state index contributed by atoms with van der Waals surface area (Å²) in [4.78, 5) is 16.0. The summed E-state index contributed by atoms with van der Waals surface area (Å²) >= 11 is 1.61. The highest BCUT2D eigenvalue weighted by atomic mass is 32.1. The van der Waals surface area contributed by atoms with Crippen LogP contribution in [0.25, 0.3) is 10.1 Å². The minimum Gasteiger partial charge on any atom is -0.337 e. The first-order valence-electron chi connectivity index (χ1n) is 8.64. The second kappa shape index (κ2) is 6.78. The zero-order chi connectivity index (χ0) is 16.4. The fourth-order valence-electron chi connectivity index (χ4n) is 3.57. The molecule has 0 spiro atoms. The number of benzene rings is 2. The zero-order valence-electron chi connectivity index (χ0n) is 13.7. The van der Waals surface area contributed by atoms with Gasteiger partial charge in [-0.2, -0.15) is 0 Å². The van der Waals surface area contributed by atoms with Crippen LogP contribution in [0.2, 0.25) is 0 Å². The number of likely N-dealkylation sites (tertiary alicyclic amines) is 1. The van der Waals surface area contributed by atoms with E-state index in [-0.39, 0.29) is 5.91 Å². The van der Waals surface area contributed by atoms with E-state index in [4.69, 9.17) is 0 Å². The Bertz CT molecular complexity index is 806. The number of carbonyl (C=O) groups is 1. The van der Waals surface area contributed by atoms with E-state index in [1.807, 2.05) is 18.2 Å². The minimum atomic E-state index is 0.194. The molecule has 0 radical (unpaired) electrons. The van der Waals surface area contributed by atoms with E-state index in [1.54, 1.807) is 11.3 Å². The lowest BCUT2D eigenvalue weighted by Crippen LogP contribution is -2.33. The smallest absolute Gasteiger partial charge is 0.263 e. The lowest BCUT2D eigenvalue weighted by atomic mass is 9.94. The molecule has 1 aliphatic heterocycles. The largest absolute Gasteiger partial charge is 0.337 e. The van der Waals surface area contributed by atoms with E-state index >= 15 is 0 Å². The molecule has 1 aliphatic rings. The lowest BCUT2D eigenvalue weighted by molar-refractivity contribution is 0.0759. The van der Waals surface area contributed by atoms with Crippen molar-refractivity contribution in [3.05, 3.63) is 71.1 Å². The molecule has 3 heteroatoms. The van der Waals surface area contributed by atoms with E-state index in [0.717, 1.165) is 24.4 Å². The molecular formula is C21H21NOS. The van der Waals surface area contributed by atoms with Gasteiger partial charge in [-0.1, -0.05) is 55.0 Å². The number of hydrogen-bond donors (Lipinski definition) is 0. The summed E-state index contributed by atoms with van der Waals surface area (Å²) < 4.78 is 1.19. The van der Waals surface area contributed by atoms with E-state index < -0.39 is 0 Å². The molecule has 2 aromatic carbocycles. The molecule has 1 saturated heterocycles. The number of carbonyl (C=O) groups excluding carboxylic acids is 1. The van der Waals surface area contributed by atoms with E-state index in [0.29, 0.717) is 5.92 Å². The van der Waals surface area contributed by atoms with Gasteiger partial charge in [0.1, 0.15) is 0 Å². The van der Waals surface area contributed by atoms with E-state index in [1.165, 1.54) is 28.5 Å². The highest BCUT2D eigenvalue weighted by Crippen LogP contribution is 2.30. The summed E-state index contributed by atoms with van der Waals surface area (Å²) in [6.45, 7) is 1.70. The van der Waals surface area contributed by atoms with Crippen LogP contribution in [0, 0.1) is 0 Å². The maximum atomic E-state index is 13.0. The van der Waals surface area contributed by atoms with E-state index in [2.05, 4.69) is 47.4 Å². The van der Waals surface area contributed by atoms with Crippen molar-refractivity contribution < 1.29 is 4.79 Å². The molecule has 0 aliphatic carbocycles. The van der Waals surface area contributed by atoms with Gasteiger partial charge < -0.3 is 4.90 Å². The fraction of sp³-hybridized carbons (Fsp3) is 0.286. The highest BCUT2D eigenvalue weighted by molar-refractivity contribution is 7.20. The molecular weight excluding hydrogens is 314 g/mol. The molecule has 24 heavy (non-hydrogen) atoms. The molecule has 1 unspecified atom stereocenters. The lowest BCUT2D eigenvalue weighted by Gasteiger charge is -2.24. The van der Waals surface area contributed by atoms with Gasteiger partial charge in [-0.3, -0.25) is 4.79 Å². The van der Waals surface area contributed by atoms with Gasteiger partial charge in [-0.15, -0.1) is 11.3 Å². The van der Waals surface area contributed by atoms with Gasteiger partial charge in [0.25, 0.3) is 5.91 Å². The third-order valence-electron chi connectivity index (χ3n) is 4.87. The van der Waals surface area contributed by atoms with Gasteiger partial charge >= 0.3 is 0 Å². The molecule has 0 saturated carbocycles. The Kier molecular flexibility index (Phi) is 4.35. The Labute approximate surface area is 146 Å². The van der Waals surface area contributed by atoms with Crippen molar-refractivity contribution in [2.75, 3.05) is 13.1 Å². The normalized spacial score (nSPS) is 18.5. The first-order chi connectivity index (χ1) is 11.8. The van der Waals surface area contributed by atoms with Gasteiger partial charge in [0.15, 0.2) is 0 Å². The summed E-state index contributed by atoms with van der Waals surface area (Å²) in [6.07, 6.45) is 3.45. The van der Waals surface area contributed by atoms with Crippen molar-refractivity contribution in [1.82, 2.24) is 4.90 Å². The van der Waals surface area contributed by atoms with Crippen LogP contribution in [0.15, 0.2) is 60.7 Å². The van der Waals surface area contributed by atoms with Gasteiger partial charge in [0, 0.05) is 23.7 Å². The number of nitrogens with zero attached hydrogens (tertiary/aromatic N) is 1. The molecule has 0 N–H and O–H groups in total. The molecule has 4 rings (SSSR count). The third kappa shape index (κ3) is 3.09. The topological polar surface area (TPSA) is 20.3 Å². The average molecular weight is 335 g/mol. The van der Waals surface area contributed by atoms with Crippen LogP contribution in [-0.2, 0) is 0 Å². The van der Waals surface area contributed by atoms with Gasteiger partial charge in [-0.25, -0.2) is 0 Å². The molecule has 1 atom stereocenters. The molecule has 0 bridgehead atoms. The van der Waals surface area contributed by atoms with Crippen LogP contribution < -0.4 is 0 Å². The summed E-state index contributed by atoms with van der Waals surface area (Å²) in [5.74, 6) is 0.644. The Balaban J connectivity index is 1.58. The highest BCUT2D eigenvalue weighted by Gasteiger charge is 2.24. The second-order valence-corrected chi connectivity index (χ2v) is 7.59. The first kappa shape index (κ1) is 15.4. The molecule has 1 aromatic heterocycles. The van der Waals surface area contributed by atoms with Crippen molar-refractivity contribution in [1.29, 1.82) is 0 Å². The monoisotopic (exact) mass is 335 g/mol. The fourth-order valence-corrected chi connectivity index (χ4v) is 4.60. The Morgan fingerprint density at radius 1 is 1.00 bits per heavy atom. The molecule has 3 aromatic rings. The predicted molar refractivity (Wildman–Crippen MR) is 101 cm³/mol. The SMILES string of the molecule is O=C(c1cc2ccccc2s1)N1CCCCC(c2ccccc2)C1. The number of fused-ring (bicyclic) bond motifs is 1. The summed E-state index contributed by atoms with van der Waals surface area (Å²) in [6, 6.07) is 20.9. The molecule has 2 heterocycles. The Morgan fingerprint density at radius 2 is 1.79 bits per heavy atom. The quantitative estimate of drug-likeness (QED) is 0.621. The summed E-state index contributed by atoms with van der Waals surface area (Å²) in [5.41, 5.74) is 1.36. The van der Waals surface area contributed by atoms with Crippen molar-refractivity contribution in [3.63, 3.8) is 0 Å². The minimum absolute atomic E-state index is 0.194. The van der Waals surface area contributed by atoms with Crippen LogP contribution in [0.4, 0.5) is 0 Å². The van der Waals surface area contributed by atoms with Crippen LogP contribution in [0.1, 0.15) is 40.4 Å². The standard InChI is InChI=1S/C21H21NOS/c23-21(20-14-17-10-4-5-12-19(17)24-20)22-13-7-6-11-18(15-22)16-8-2-1-3-9-16/h1-5,8-10,12,14,18H,6-7,11,13,15H2. The van der Waals surface area contributed by atoms with Crippen molar-refractivity contribution in [3.8, 4) is 0 Å². The third-order valence-corrected chi connectivity index (χ3v) is 5.97. The number of amides is 1. The Morgan fingerprint density at radius 3 is 2.62 bits per heavy atom. The van der Waals surface area contributed by atoms with E-state index in [9.17, 15) is 4.79 Å². The van der Waals surface area contributed by atoms with Gasteiger partial charge in [-0.05, 0) is 35.9 Å². The van der Waals surface area contributed by atoms with Crippen LogP contribution in [-0.4, -0.2) is 23.9 Å². The average Bonchev–Trinajstić information content (AvgIpc) is 2.91. The number of thiophene rings is 1. The predicted octanol–water partition coefficient (Wildman–Crippen LogP) is 5.31. The van der Waals surface area contributed by atoms with Crippen LogP contribution in [0.3, 0.4) is 0 Å². The summed E-state index contributed by atoms with van der Waals surface area (Å²) in [5, 5.41) is 1.17. The number of rotatable bonds is 2. The maximum Gasteiger partial charge on any atom is 0.263 e. The first-order valence-corrected chi connectivity index (χ1v) is 9.46. The molecule has 1 amide bonds. The van der Waals surface area contributed by atoms with Crippen molar-refractivity contribution in [2.24, 2.45) is 0 Å². The van der Waals surface area contributed by atoms with Crippen LogP contribution >= 0.6 is 11.3 Å².